The zero-order valence-corrected chi connectivity index (χ0v) is 7.43. The number of aryl methyl sites for hydroxylation is 1. The van der Waals surface area contributed by atoms with Crippen LogP contribution in [0.5, 0.6) is 5.88 Å². The van der Waals surface area contributed by atoms with Crippen LogP contribution in [0.2, 0.25) is 5.02 Å². The third-order valence-corrected chi connectivity index (χ3v) is 1.59. The highest BCUT2D eigenvalue weighted by Crippen LogP contribution is 2.23. The second-order valence-electron chi connectivity index (χ2n) is 2.05. The first kappa shape index (κ1) is 8.40. The molecule has 0 fully saturated rings. The van der Waals surface area contributed by atoms with Crippen LogP contribution in [0.15, 0.2) is 6.20 Å². The lowest BCUT2D eigenvalue weighted by Gasteiger charge is -2.04. The molecule has 0 N–H and O–H groups in total. The summed E-state index contributed by atoms with van der Waals surface area (Å²) in [5, 5.41) is 4.59. The van der Waals surface area contributed by atoms with Gasteiger partial charge in [0.05, 0.1) is 12.8 Å². The topological polar surface area (TPSA) is 27.1 Å². The van der Waals surface area contributed by atoms with Crippen LogP contribution in [0.25, 0.3) is 0 Å². The normalized spacial score (nSPS) is 10.1. The Bertz CT molecular complexity index is 234. The van der Waals surface area contributed by atoms with E-state index in [1.807, 2.05) is 13.8 Å². The molecule has 1 aromatic rings. The molecular weight excluding hydrogens is 164 g/mol. The minimum Gasteiger partial charge on any atom is -0.477 e. The highest BCUT2D eigenvalue weighted by Gasteiger charge is 2.07. The fraction of sp³-hybridized carbons (Fsp3) is 0.571. The molecule has 0 saturated carbocycles. The van der Waals surface area contributed by atoms with E-state index >= 15 is 0 Å². The Balaban J connectivity index is 2.88. The summed E-state index contributed by atoms with van der Waals surface area (Å²) in [6, 6.07) is 0. The molecule has 0 aliphatic carbocycles. The summed E-state index contributed by atoms with van der Waals surface area (Å²) in [5.74, 6) is 0.664. The number of hydrogen-bond acceptors (Lipinski definition) is 2. The van der Waals surface area contributed by atoms with Crippen LogP contribution in [0.1, 0.15) is 13.8 Å². The molecule has 0 aromatic carbocycles. The van der Waals surface area contributed by atoms with Crippen LogP contribution in [-0.4, -0.2) is 16.4 Å². The van der Waals surface area contributed by atoms with E-state index in [1.54, 1.807) is 10.9 Å². The lowest BCUT2D eigenvalue weighted by atomic mass is 10.6. The van der Waals surface area contributed by atoms with Gasteiger partial charge in [0, 0.05) is 6.54 Å². The largest absolute Gasteiger partial charge is 0.477 e. The molecule has 0 spiro atoms. The van der Waals surface area contributed by atoms with Crippen molar-refractivity contribution in [1.29, 1.82) is 0 Å². The minimum atomic E-state index is 0.578. The zero-order valence-electron chi connectivity index (χ0n) is 6.67. The molecule has 0 radical (unpaired) electrons. The van der Waals surface area contributed by atoms with Crippen molar-refractivity contribution in [2.45, 2.75) is 20.4 Å². The summed E-state index contributed by atoms with van der Waals surface area (Å²) in [4.78, 5) is 0. The summed E-state index contributed by atoms with van der Waals surface area (Å²) >= 11 is 5.79. The summed E-state index contributed by atoms with van der Waals surface area (Å²) in [5.41, 5.74) is 0. The van der Waals surface area contributed by atoms with Gasteiger partial charge < -0.3 is 4.74 Å². The van der Waals surface area contributed by atoms with Crippen LogP contribution in [-0.2, 0) is 6.54 Å². The van der Waals surface area contributed by atoms with Gasteiger partial charge in [-0.25, -0.2) is 4.68 Å². The Morgan fingerprint density at radius 2 is 2.36 bits per heavy atom. The Kier molecular flexibility index (Phi) is 2.76. The van der Waals surface area contributed by atoms with Crippen LogP contribution < -0.4 is 4.74 Å². The summed E-state index contributed by atoms with van der Waals surface area (Å²) < 4.78 is 7.00. The summed E-state index contributed by atoms with van der Waals surface area (Å²) in [6.45, 7) is 5.31. The standard InChI is InChI=1S/C7H11ClN2O/c1-3-10-7(11-4-2)6(8)5-9-10/h5H,3-4H2,1-2H3. The van der Waals surface area contributed by atoms with Crippen molar-refractivity contribution >= 4 is 11.6 Å². The van der Waals surface area contributed by atoms with Gasteiger partial charge in [0.15, 0.2) is 0 Å². The van der Waals surface area contributed by atoms with E-state index < -0.39 is 0 Å². The molecule has 62 valence electrons. The van der Waals surface area contributed by atoms with Crippen LogP contribution >= 0.6 is 11.6 Å². The number of ether oxygens (including phenoxy) is 1. The number of halogens is 1. The first-order valence-corrected chi connectivity index (χ1v) is 4.01. The molecular formula is C7H11ClN2O. The SMILES string of the molecule is CCOc1c(Cl)cnn1CC. The van der Waals surface area contributed by atoms with Gasteiger partial charge >= 0.3 is 0 Å². The van der Waals surface area contributed by atoms with E-state index in [9.17, 15) is 0 Å². The lowest BCUT2D eigenvalue weighted by molar-refractivity contribution is 0.303. The average Bonchev–Trinajstić information content (AvgIpc) is 2.34. The molecule has 4 heteroatoms. The van der Waals surface area contributed by atoms with E-state index in [2.05, 4.69) is 5.10 Å². The predicted octanol–water partition coefficient (Wildman–Crippen LogP) is 1.96. The molecule has 1 aromatic heterocycles. The van der Waals surface area contributed by atoms with Gasteiger partial charge in [-0.3, -0.25) is 0 Å². The fourth-order valence-corrected chi connectivity index (χ4v) is 1.05. The predicted molar refractivity (Wildman–Crippen MR) is 44.1 cm³/mol. The Labute approximate surface area is 70.9 Å². The molecule has 0 saturated heterocycles. The van der Waals surface area contributed by atoms with Crippen molar-refractivity contribution < 1.29 is 4.74 Å². The molecule has 0 bridgehead atoms. The maximum absolute atomic E-state index is 5.79. The average molecular weight is 175 g/mol. The van der Waals surface area contributed by atoms with Crippen molar-refractivity contribution in [2.75, 3.05) is 6.61 Å². The smallest absolute Gasteiger partial charge is 0.231 e. The van der Waals surface area contributed by atoms with E-state index in [1.165, 1.54) is 0 Å². The summed E-state index contributed by atoms with van der Waals surface area (Å²) in [7, 11) is 0. The molecule has 1 rings (SSSR count). The van der Waals surface area contributed by atoms with Gasteiger partial charge in [0.1, 0.15) is 5.02 Å². The molecule has 0 aliphatic rings. The van der Waals surface area contributed by atoms with E-state index in [4.69, 9.17) is 16.3 Å². The molecule has 0 atom stereocenters. The molecule has 0 amide bonds. The highest BCUT2D eigenvalue weighted by molar-refractivity contribution is 6.31. The molecule has 3 nitrogen and oxygen atoms in total. The van der Waals surface area contributed by atoms with Crippen molar-refractivity contribution in [2.24, 2.45) is 0 Å². The van der Waals surface area contributed by atoms with Crippen LogP contribution in [0.3, 0.4) is 0 Å². The second-order valence-corrected chi connectivity index (χ2v) is 2.45. The van der Waals surface area contributed by atoms with Gasteiger partial charge in [0.25, 0.3) is 0 Å². The monoisotopic (exact) mass is 174 g/mol. The van der Waals surface area contributed by atoms with Crippen molar-refractivity contribution in [3.8, 4) is 5.88 Å². The lowest BCUT2D eigenvalue weighted by Crippen LogP contribution is -2.02. The number of hydrogen-bond donors (Lipinski definition) is 0. The number of rotatable bonds is 3. The van der Waals surface area contributed by atoms with Crippen LogP contribution in [0, 0.1) is 0 Å². The minimum absolute atomic E-state index is 0.578. The molecule has 1 heterocycles. The van der Waals surface area contributed by atoms with Crippen molar-refractivity contribution in [3.63, 3.8) is 0 Å². The van der Waals surface area contributed by atoms with Crippen molar-refractivity contribution in [3.05, 3.63) is 11.2 Å². The van der Waals surface area contributed by atoms with Gasteiger partial charge in [-0.1, -0.05) is 11.6 Å². The van der Waals surface area contributed by atoms with E-state index in [0.29, 0.717) is 17.5 Å². The van der Waals surface area contributed by atoms with Gasteiger partial charge in [-0.2, -0.15) is 5.10 Å². The van der Waals surface area contributed by atoms with Gasteiger partial charge in [-0.05, 0) is 13.8 Å². The first-order valence-electron chi connectivity index (χ1n) is 3.63. The first-order chi connectivity index (χ1) is 5.29. The highest BCUT2D eigenvalue weighted by atomic mass is 35.5. The van der Waals surface area contributed by atoms with Crippen molar-refractivity contribution in [1.82, 2.24) is 9.78 Å². The molecule has 0 aliphatic heterocycles. The molecule has 0 unspecified atom stereocenters. The third-order valence-electron chi connectivity index (χ3n) is 1.33. The van der Waals surface area contributed by atoms with Gasteiger partial charge in [0.2, 0.25) is 5.88 Å². The Morgan fingerprint density at radius 3 is 2.91 bits per heavy atom. The molecule has 11 heavy (non-hydrogen) atoms. The van der Waals surface area contributed by atoms with Crippen LogP contribution in [0.4, 0.5) is 0 Å². The third kappa shape index (κ3) is 1.66. The van der Waals surface area contributed by atoms with E-state index in [0.717, 1.165) is 6.54 Å². The fourth-order valence-electron chi connectivity index (χ4n) is 0.857. The number of nitrogens with zero attached hydrogens (tertiary/aromatic N) is 2. The Morgan fingerprint density at radius 1 is 1.64 bits per heavy atom. The zero-order chi connectivity index (χ0) is 8.27. The number of aromatic nitrogens is 2. The van der Waals surface area contributed by atoms with E-state index in [-0.39, 0.29) is 0 Å². The Hall–Kier alpha value is -0.700. The van der Waals surface area contributed by atoms with Gasteiger partial charge in [-0.15, -0.1) is 0 Å². The summed E-state index contributed by atoms with van der Waals surface area (Å²) in [6.07, 6.45) is 1.59. The quantitative estimate of drug-likeness (QED) is 0.701. The maximum Gasteiger partial charge on any atom is 0.231 e. The maximum atomic E-state index is 5.79. The second kappa shape index (κ2) is 3.62.